The molecular formula is C22H29N7O. The number of nitrogens with one attached hydrogen (secondary N) is 2. The minimum Gasteiger partial charge on any atom is -0.385 e. The van der Waals surface area contributed by atoms with Crippen LogP contribution in [-0.2, 0) is 12.1 Å². The number of likely N-dealkylation sites (tertiary alicyclic amines) is 1. The summed E-state index contributed by atoms with van der Waals surface area (Å²) in [5, 5.41) is 17.9. The molecule has 0 atom stereocenters. The number of imidazole rings is 1. The zero-order chi connectivity index (χ0) is 20.7. The first kappa shape index (κ1) is 19.3. The molecular weight excluding hydrogens is 378 g/mol. The molecule has 5 rings (SSSR count). The molecule has 0 bridgehead atoms. The average molecular weight is 408 g/mol. The zero-order valence-corrected chi connectivity index (χ0v) is 17.6. The summed E-state index contributed by atoms with van der Waals surface area (Å²) in [7, 11) is 3.95. The van der Waals surface area contributed by atoms with Crippen molar-refractivity contribution in [3.63, 3.8) is 0 Å². The average Bonchev–Trinajstić information content (AvgIpc) is 3.53. The molecule has 1 saturated carbocycles. The van der Waals surface area contributed by atoms with Crippen LogP contribution in [0, 0.1) is 0 Å². The minimum absolute atomic E-state index is 0.557. The van der Waals surface area contributed by atoms with E-state index in [-0.39, 0.29) is 0 Å². The Morgan fingerprint density at radius 3 is 2.63 bits per heavy atom. The van der Waals surface area contributed by atoms with Crippen LogP contribution in [0.3, 0.4) is 0 Å². The summed E-state index contributed by atoms with van der Waals surface area (Å²) < 4.78 is 2.11. The van der Waals surface area contributed by atoms with E-state index in [1.807, 2.05) is 13.1 Å². The van der Waals surface area contributed by atoms with Crippen LogP contribution in [0.15, 0.2) is 30.9 Å². The van der Waals surface area contributed by atoms with Gasteiger partial charge in [-0.05, 0) is 50.3 Å². The molecule has 0 radical (unpaired) electrons. The van der Waals surface area contributed by atoms with Gasteiger partial charge in [0.05, 0.1) is 17.8 Å². The second kappa shape index (κ2) is 7.52. The summed E-state index contributed by atoms with van der Waals surface area (Å²) in [4.78, 5) is 15.6. The van der Waals surface area contributed by atoms with Gasteiger partial charge in [-0.25, -0.2) is 15.0 Å². The molecule has 3 aromatic rings. The van der Waals surface area contributed by atoms with Gasteiger partial charge in [-0.2, -0.15) is 0 Å². The van der Waals surface area contributed by atoms with Gasteiger partial charge >= 0.3 is 0 Å². The van der Waals surface area contributed by atoms with Gasteiger partial charge in [0.25, 0.3) is 0 Å². The Kier molecular flexibility index (Phi) is 4.83. The lowest BCUT2D eigenvalue weighted by atomic mass is 9.84. The number of fused-ring (bicyclic) bond motifs is 1. The number of hydrogen-bond donors (Lipinski definition) is 3. The van der Waals surface area contributed by atoms with Crippen LogP contribution in [0.5, 0.6) is 0 Å². The first-order valence-electron chi connectivity index (χ1n) is 10.7. The predicted molar refractivity (Wildman–Crippen MR) is 117 cm³/mol. The highest BCUT2D eigenvalue weighted by Crippen LogP contribution is 2.43. The number of pyridine rings is 1. The molecule has 1 aliphatic heterocycles. The smallest absolute Gasteiger partial charge is 0.143 e. The second-order valence-electron chi connectivity index (χ2n) is 8.65. The van der Waals surface area contributed by atoms with Crippen molar-refractivity contribution in [1.29, 1.82) is 0 Å². The molecule has 1 saturated heterocycles. The van der Waals surface area contributed by atoms with Gasteiger partial charge in [0.1, 0.15) is 23.6 Å². The molecule has 0 spiro atoms. The normalized spacial score (nSPS) is 19.2. The highest BCUT2D eigenvalue weighted by atomic mass is 16.3. The largest absolute Gasteiger partial charge is 0.385 e. The van der Waals surface area contributed by atoms with E-state index < -0.39 is 5.60 Å². The van der Waals surface area contributed by atoms with Crippen LogP contribution in [0.25, 0.3) is 5.65 Å². The Labute approximate surface area is 176 Å². The molecule has 2 fully saturated rings. The molecule has 1 aliphatic carbocycles. The van der Waals surface area contributed by atoms with E-state index in [0.717, 1.165) is 54.5 Å². The molecule has 8 heteroatoms. The first-order valence-corrected chi connectivity index (χ1v) is 10.7. The predicted octanol–water partition coefficient (Wildman–Crippen LogP) is 2.57. The van der Waals surface area contributed by atoms with Gasteiger partial charge in [0.2, 0.25) is 0 Å². The van der Waals surface area contributed by atoms with Crippen molar-refractivity contribution in [3.8, 4) is 0 Å². The summed E-state index contributed by atoms with van der Waals surface area (Å²) in [6, 6.07) is 4.08. The van der Waals surface area contributed by atoms with Crippen molar-refractivity contribution in [3.05, 3.63) is 47.7 Å². The van der Waals surface area contributed by atoms with Crippen LogP contribution in [0.1, 0.15) is 48.4 Å². The number of aliphatic hydroxyl groups is 1. The third-order valence-electron chi connectivity index (χ3n) is 6.36. The Hall–Kier alpha value is -2.71. The molecule has 158 valence electrons. The molecule has 2 aliphatic rings. The third kappa shape index (κ3) is 3.73. The topological polar surface area (TPSA) is 90.6 Å². The molecule has 8 nitrogen and oxygen atoms in total. The maximum atomic E-state index is 11.5. The summed E-state index contributed by atoms with van der Waals surface area (Å²) in [5.74, 6) is 2.13. The fourth-order valence-electron chi connectivity index (χ4n) is 4.27. The number of rotatable bonds is 6. The van der Waals surface area contributed by atoms with Crippen molar-refractivity contribution < 1.29 is 5.11 Å². The van der Waals surface area contributed by atoms with Gasteiger partial charge in [-0.1, -0.05) is 0 Å². The Bertz CT molecular complexity index is 1050. The molecule has 3 N–H and O–H groups in total. The molecule has 3 aromatic heterocycles. The van der Waals surface area contributed by atoms with E-state index in [1.165, 1.54) is 24.7 Å². The standard InChI is InChI=1S/C22H29N7O/c1-23-19-10-20(26-14-25-19)24-11-17-13-29-12-16(15-3-4-15)9-18(21(29)27-17)22(30)5-7-28(2)8-6-22/h9-10,12-15,30H,3-8,11H2,1-2H3,(H2,23,24,25,26). The van der Waals surface area contributed by atoms with Gasteiger partial charge in [0, 0.05) is 44.2 Å². The second-order valence-corrected chi connectivity index (χ2v) is 8.65. The molecule has 4 heterocycles. The van der Waals surface area contributed by atoms with E-state index in [0.29, 0.717) is 12.5 Å². The van der Waals surface area contributed by atoms with Crippen LogP contribution < -0.4 is 10.6 Å². The summed E-state index contributed by atoms with van der Waals surface area (Å²) >= 11 is 0. The van der Waals surface area contributed by atoms with Gasteiger partial charge < -0.3 is 25.0 Å². The number of piperidine rings is 1. The Morgan fingerprint density at radius 2 is 1.90 bits per heavy atom. The maximum Gasteiger partial charge on any atom is 0.143 e. The van der Waals surface area contributed by atoms with Gasteiger partial charge in [-0.3, -0.25) is 0 Å². The summed E-state index contributed by atoms with van der Waals surface area (Å²) in [5.41, 5.74) is 3.26. The van der Waals surface area contributed by atoms with E-state index in [2.05, 4.69) is 55.4 Å². The van der Waals surface area contributed by atoms with E-state index >= 15 is 0 Å². The lowest BCUT2D eigenvalue weighted by Gasteiger charge is -2.37. The highest BCUT2D eigenvalue weighted by Gasteiger charge is 2.37. The van der Waals surface area contributed by atoms with Crippen LogP contribution in [-0.4, -0.2) is 56.5 Å². The maximum absolute atomic E-state index is 11.5. The number of hydrogen-bond acceptors (Lipinski definition) is 7. The van der Waals surface area contributed by atoms with Crippen LogP contribution in [0.2, 0.25) is 0 Å². The van der Waals surface area contributed by atoms with E-state index in [4.69, 9.17) is 4.98 Å². The number of anilines is 2. The SMILES string of the molecule is CNc1cc(NCc2cn3cc(C4CC4)cc(C4(O)CCN(C)CC4)c3n2)ncn1. The minimum atomic E-state index is -0.816. The van der Waals surface area contributed by atoms with Crippen molar-refractivity contribution in [1.82, 2.24) is 24.3 Å². The lowest BCUT2D eigenvalue weighted by Crippen LogP contribution is -2.41. The quantitative estimate of drug-likeness (QED) is 0.578. The molecule has 0 aromatic carbocycles. The molecule has 0 amide bonds. The van der Waals surface area contributed by atoms with Crippen LogP contribution >= 0.6 is 0 Å². The summed E-state index contributed by atoms with van der Waals surface area (Å²) in [6.07, 6.45) is 9.73. The zero-order valence-electron chi connectivity index (χ0n) is 17.6. The van der Waals surface area contributed by atoms with Crippen molar-refractivity contribution in [2.75, 3.05) is 37.8 Å². The van der Waals surface area contributed by atoms with Crippen molar-refractivity contribution >= 4 is 17.3 Å². The highest BCUT2D eigenvalue weighted by molar-refractivity contribution is 5.55. The summed E-state index contributed by atoms with van der Waals surface area (Å²) in [6.45, 7) is 2.35. The van der Waals surface area contributed by atoms with Crippen LogP contribution in [0.4, 0.5) is 11.6 Å². The molecule has 0 unspecified atom stereocenters. The fourth-order valence-corrected chi connectivity index (χ4v) is 4.27. The van der Waals surface area contributed by atoms with E-state index in [1.54, 1.807) is 0 Å². The molecule has 30 heavy (non-hydrogen) atoms. The Balaban J connectivity index is 1.46. The monoisotopic (exact) mass is 407 g/mol. The van der Waals surface area contributed by atoms with Gasteiger partial charge in [0.15, 0.2) is 0 Å². The fraction of sp³-hybridized carbons (Fsp3) is 0.500. The van der Waals surface area contributed by atoms with Crippen molar-refractivity contribution in [2.24, 2.45) is 0 Å². The van der Waals surface area contributed by atoms with E-state index in [9.17, 15) is 5.11 Å². The Morgan fingerprint density at radius 1 is 1.13 bits per heavy atom. The van der Waals surface area contributed by atoms with Gasteiger partial charge in [-0.15, -0.1) is 0 Å². The first-order chi connectivity index (χ1) is 14.5. The number of nitrogens with zero attached hydrogens (tertiary/aromatic N) is 5. The lowest BCUT2D eigenvalue weighted by molar-refractivity contribution is -0.0195. The third-order valence-corrected chi connectivity index (χ3v) is 6.36. The van der Waals surface area contributed by atoms with Crippen molar-refractivity contribution in [2.45, 2.75) is 43.7 Å². The number of aromatic nitrogens is 4.